The molecular formula is C7H12N-. The number of piperidine rings is 3. The van der Waals surface area contributed by atoms with Crippen LogP contribution in [-0.4, -0.2) is 24.5 Å². The predicted molar refractivity (Wildman–Crippen MR) is 33.5 cm³/mol. The van der Waals surface area contributed by atoms with E-state index in [1.54, 1.807) is 0 Å². The summed E-state index contributed by atoms with van der Waals surface area (Å²) >= 11 is 0. The first-order chi connectivity index (χ1) is 3.95. The van der Waals surface area contributed by atoms with Gasteiger partial charge in [0.15, 0.2) is 0 Å². The Morgan fingerprint density at radius 3 is 2.12 bits per heavy atom. The van der Waals surface area contributed by atoms with Gasteiger partial charge < -0.3 is 11.3 Å². The molecule has 0 aromatic heterocycles. The molecule has 46 valence electrons. The maximum absolute atomic E-state index is 2.53. The van der Waals surface area contributed by atoms with Gasteiger partial charge >= 0.3 is 0 Å². The second kappa shape index (κ2) is 1.73. The minimum atomic E-state index is 0.986. The predicted octanol–water partition coefficient (Wildman–Crippen LogP) is 0.916. The molecular weight excluding hydrogens is 98.1 g/mol. The first kappa shape index (κ1) is 4.80. The summed E-state index contributed by atoms with van der Waals surface area (Å²) in [7, 11) is 0. The van der Waals surface area contributed by atoms with Crippen molar-refractivity contribution in [1.82, 2.24) is 4.90 Å². The van der Waals surface area contributed by atoms with Crippen LogP contribution in [-0.2, 0) is 0 Å². The van der Waals surface area contributed by atoms with E-state index in [4.69, 9.17) is 0 Å². The van der Waals surface area contributed by atoms with Crippen LogP contribution in [0.4, 0.5) is 0 Å². The lowest BCUT2D eigenvalue weighted by atomic mass is 9.89. The van der Waals surface area contributed by atoms with Crippen molar-refractivity contribution in [2.75, 3.05) is 19.6 Å². The summed E-state index contributed by atoms with van der Waals surface area (Å²) in [5, 5.41) is 0. The number of hydrogen-bond donors (Lipinski definition) is 0. The molecule has 3 saturated heterocycles. The first-order valence-electron chi connectivity index (χ1n) is 3.51. The smallest absolute Gasteiger partial charge is 0.00691 e. The largest absolute Gasteiger partial charge is 0.333 e. The zero-order valence-corrected chi connectivity index (χ0v) is 5.14. The van der Waals surface area contributed by atoms with Crippen LogP contribution in [0.25, 0.3) is 0 Å². The van der Waals surface area contributed by atoms with Crippen molar-refractivity contribution in [2.24, 2.45) is 5.92 Å². The van der Waals surface area contributed by atoms with Gasteiger partial charge in [0.25, 0.3) is 0 Å². The molecule has 0 saturated carbocycles. The number of fused-ring (bicyclic) bond motifs is 3. The Labute approximate surface area is 50.7 Å². The van der Waals surface area contributed by atoms with E-state index in [0.29, 0.717) is 0 Å². The van der Waals surface area contributed by atoms with E-state index in [1.165, 1.54) is 32.5 Å². The minimum absolute atomic E-state index is 0.986. The Morgan fingerprint density at radius 2 is 2.00 bits per heavy atom. The molecule has 3 aliphatic rings. The monoisotopic (exact) mass is 110 g/mol. The van der Waals surface area contributed by atoms with Gasteiger partial charge in [-0.05, 0) is 13.1 Å². The fourth-order valence-corrected chi connectivity index (χ4v) is 1.67. The molecule has 0 aromatic carbocycles. The van der Waals surface area contributed by atoms with Crippen molar-refractivity contribution in [3.05, 3.63) is 6.42 Å². The Morgan fingerprint density at radius 1 is 1.25 bits per heavy atom. The van der Waals surface area contributed by atoms with Crippen LogP contribution in [0.15, 0.2) is 0 Å². The third-order valence-corrected chi connectivity index (χ3v) is 2.33. The summed E-state index contributed by atoms with van der Waals surface area (Å²) in [5.74, 6) is 0.986. The number of hydrogen-bond acceptors (Lipinski definition) is 1. The van der Waals surface area contributed by atoms with Crippen LogP contribution < -0.4 is 0 Å². The zero-order valence-electron chi connectivity index (χ0n) is 5.14. The molecule has 3 aliphatic heterocycles. The Hall–Kier alpha value is -0.0400. The second-order valence-corrected chi connectivity index (χ2v) is 2.87. The van der Waals surface area contributed by atoms with E-state index >= 15 is 0 Å². The summed E-state index contributed by atoms with van der Waals surface area (Å²) in [6.07, 6.45) is 5.33. The van der Waals surface area contributed by atoms with Gasteiger partial charge in [0, 0.05) is 0 Å². The molecule has 0 aliphatic carbocycles. The van der Waals surface area contributed by atoms with E-state index in [-0.39, 0.29) is 0 Å². The van der Waals surface area contributed by atoms with Crippen molar-refractivity contribution >= 4 is 0 Å². The SMILES string of the molecule is [CH-]1CN2CCC1CC2. The van der Waals surface area contributed by atoms with E-state index in [2.05, 4.69) is 11.3 Å². The molecule has 2 bridgehead atoms. The lowest BCUT2D eigenvalue weighted by Gasteiger charge is -2.46. The highest BCUT2D eigenvalue weighted by Gasteiger charge is 2.16. The van der Waals surface area contributed by atoms with E-state index < -0.39 is 0 Å². The molecule has 0 spiro atoms. The van der Waals surface area contributed by atoms with Gasteiger partial charge in [-0.2, -0.15) is 5.92 Å². The Balaban J connectivity index is 2.03. The quantitative estimate of drug-likeness (QED) is 0.419. The topological polar surface area (TPSA) is 3.24 Å². The van der Waals surface area contributed by atoms with Gasteiger partial charge in [-0.1, -0.05) is 12.8 Å². The van der Waals surface area contributed by atoms with Crippen molar-refractivity contribution in [2.45, 2.75) is 12.8 Å². The van der Waals surface area contributed by atoms with Crippen LogP contribution in [0.3, 0.4) is 0 Å². The van der Waals surface area contributed by atoms with E-state index in [9.17, 15) is 0 Å². The highest BCUT2D eigenvalue weighted by molar-refractivity contribution is 4.91. The average Bonchev–Trinajstić information content (AvgIpc) is 1.92. The third-order valence-electron chi connectivity index (χ3n) is 2.33. The fraction of sp³-hybridized carbons (Fsp3) is 0.857. The summed E-state index contributed by atoms with van der Waals surface area (Å²) in [6, 6.07) is 0. The van der Waals surface area contributed by atoms with Crippen LogP contribution >= 0.6 is 0 Å². The molecule has 3 heterocycles. The van der Waals surface area contributed by atoms with Gasteiger partial charge in [-0.15, -0.1) is 6.54 Å². The molecule has 0 radical (unpaired) electrons. The van der Waals surface area contributed by atoms with Gasteiger partial charge in [0.05, 0.1) is 0 Å². The molecule has 0 N–H and O–H groups in total. The summed E-state index contributed by atoms with van der Waals surface area (Å²) < 4.78 is 0. The molecule has 8 heavy (non-hydrogen) atoms. The molecule has 0 amide bonds. The first-order valence-corrected chi connectivity index (χ1v) is 3.51. The lowest BCUT2D eigenvalue weighted by Crippen LogP contribution is -2.41. The molecule has 0 aromatic rings. The average molecular weight is 110 g/mol. The summed E-state index contributed by atoms with van der Waals surface area (Å²) in [4.78, 5) is 2.53. The highest BCUT2D eigenvalue weighted by atomic mass is 15.1. The molecule has 0 unspecified atom stereocenters. The van der Waals surface area contributed by atoms with Crippen molar-refractivity contribution in [3.8, 4) is 0 Å². The minimum Gasteiger partial charge on any atom is -0.333 e. The van der Waals surface area contributed by atoms with Crippen LogP contribution in [0.5, 0.6) is 0 Å². The fourth-order valence-electron chi connectivity index (χ4n) is 1.67. The van der Waals surface area contributed by atoms with Gasteiger partial charge in [0.2, 0.25) is 0 Å². The molecule has 1 nitrogen and oxygen atoms in total. The Kier molecular flexibility index (Phi) is 1.04. The maximum atomic E-state index is 2.53. The molecule has 3 fully saturated rings. The van der Waals surface area contributed by atoms with Gasteiger partial charge in [0.1, 0.15) is 0 Å². The summed E-state index contributed by atoms with van der Waals surface area (Å²) in [5.41, 5.74) is 0. The normalized spacial score (nSPS) is 45.0. The molecule has 3 rings (SSSR count). The van der Waals surface area contributed by atoms with Crippen molar-refractivity contribution in [3.63, 3.8) is 0 Å². The number of nitrogens with zero attached hydrogens (tertiary/aromatic N) is 1. The van der Waals surface area contributed by atoms with Crippen molar-refractivity contribution in [1.29, 1.82) is 0 Å². The van der Waals surface area contributed by atoms with Gasteiger partial charge in [-0.25, -0.2) is 0 Å². The second-order valence-electron chi connectivity index (χ2n) is 2.87. The zero-order chi connectivity index (χ0) is 5.40. The lowest BCUT2D eigenvalue weighted by molar-refractivity contribution is 0.157. The Bertz CT molecular complexity index is 59.4. The number of rotatable bonds is 0. The molecule has 1 heteroatoms. The highest BCUT2D eigenvalue weighted by Crippen LogP contribution is 2.25. The van der Waals surface area contributed by atoms with E-state index in [1.807, 2.05) is 0 Å². The van der Waals surface area contributed by atoms with Gasteiger partial charge in [-0.3, -0.25) is 0 Å². The standard InChI is InChI=1S/C7H12N/c1-4-8-5-2-7(1)3-6-8/h1,7H,2-6H2/q-1. The van der Waals surface area contributed by atoms with E-state index in [0.717, 1.165) is 5.92 Å². The summed E-state index contributed by atoms with van der Waals surface area (Å²) in [6.45, 7) is 3.99. The van der Waals surface area contributed by atoms with Crippen LogP contribution in [0, 0.1) is 12.3 Å². The van der Waals surface area contributed by atoms with Crippen molar-refractivity contribution < 1.29 is 0 Å². The molecule has 0 atom stereocenters. The maximum Gasteiger partial charge on any atom is -0.00691 e. The van der Waals surface area contributed by atoms with Crippen LogP contribution in [0.1, 0.15) is 12.8 Å². The third kappa shape index (κ3) is 0.655. The van der Waals surface area contributed by atoms with Crippen LogP contribution in [0.2, 0.25) is 0 Å².